The van der Waals surface area contributed by atoms with Crippen LogP contribution in [-0.2, 0) is 0 Å². The molecule has 0 amide bonds. The van der Waals surface area contributed by atoms with Gasteiger partial charge in [0.05, 0.1) is 0 Å². The van der Waals surface area contributed by atoms with Gasteiger partial charge in [0.2, 0.25) is 0 Å². The smallest absolute Gasteiger partial charge is 0.115 e. The molecule has 2 unspecified atom stereocenters. The molecule has 2 atom stereocenters. The normalized spacial score (nSPS) is 23.0. The summed E-state index contributed by atoms with van der Waals surface area (Å²) in [4.78, 5) is 0. The van der Waals surface area contributed by atoms with Crippen molar-refractivity contribution >= 4 is 0 Å². The van der Waals surface area contributed by atoms with Crippen molar-refractivity contribution in [2.75, 3.05) is 0 Å². The maximum absolute atomic E-state index is 9.45. The number of hydrogen-bond acceptors (Lipinski definition) is 1. The molecule has 3 rings (SSSR count). The summed E-state index contributed by atoms with van der Waals surface area (Å²) in [5.74, 6) is 1.61. The molecule has 1 N–H and O–H groups in total. The number of phenolic OH excluding ortho intramolecular Hbond substituents is 1. The summed E-state index contributed by atoms with van der Waals surface area (Å²) in [6, 6.07) is 18.2. The third-order valence-electron chi connectivity index (χ3n) is 3.32. The molecule has 2 aromatic rings. The highest BCUT2D eigenvalue weighted by Crippen LogP contribution is 2.54. The fraction of sp³-hybridized carbons (Fsp3) is 0.200. The topological polar surface area (TPSA) is 20.2 Å². The van der Waals surface area contributed by atoms with Crippen LogP contribution in [0.5, 0.6) is 5.75 Å². The van der Waals surface area contributed by atoms with Crippen molar-refractivity contribution in [1.29, 1.82) is 0 Å². The minimum atomic E-state index is 0.371. The van der Waals surface area contributed by atoms with Gasteiger partial charge in [-0.1, -0.05) is 42.5 Å². The second kappa shape index (κ2) is 3.67. The highest BCUT2D eigenvalue weighted by molar-refractivity contribution is 5.39. The van der Waals surface area contributed by atoms with Gasteiger partial charge in [0.1, 0.15) is 5.75 Å². The van der Waals surface area contributed by atoms with E-state index < -0.39 is 0 Å². The number of phenols is 1. The standard InChI is InChI=1S/C15H14O/c16-13-8-4-7-12(9-13)15-10-14(15)11-5-2-1-3-6-11/h1-9,14-16H,10H2. The zero-order chi connectivity index (χ0) is 11.0. The third-order valence-corrected chi connectivity index (χ3v) is 3.32. The summed E-state index contributed by atoms with van der Waals surface area (Å²) in [5.41, 5.74) is 2.67. The van der Waals surface area contributed by atoms with E-state index >= 15 is 0 Å². The summed E-state index contributed by atoms with van der Waals surface area (Å²) in [6.07, 6.45) is 1.20. The van der Waals surface area contributed by atoms with Crippen molar-refractivity contribution in [3.8, 4) is 5.75 Å². The Labute approximate surface area is 95.4 Å². The molecule has 1 aliphatic carbocycles. The number of benzene rings is 2. The lowest BCUT2D eigenvalue weighted by molar-refractivity contribution is 0.474. The van der Waals surface area contributed by atoms with Crippen molar-refractivity contribution in [2.24, 2.45) is 0 Å². The molecule has 0 bridgehead atoms. The molecule has 0 saturated heterocycles. The zero-order valence-electron chi connectivity index (χ0n) is 9.01. The van der Waals surface area contributed by atoms with Gasteiger partial charge in [-0.15, -0.1) is 0 Å². The van der Waals surface area contributed by atoms with Gasteiger partial charge in [0.15, 0.2) is 0 Å². The highest BCUT2D eigenvalue weighted by atomic mass is 16.3. The first-order valence-corrected chi connectivity index (χ1v) is 5.68. The molecular formula is C15H14O. The average molecular weight is 210 g/mol. The molecule has 0 radical (unpaired) electrons. The van der Waals surface area contributed by atoms with Crippen LogP contribution in [0.4, 0.5) is 0 Å². The van der Waals surface area contributed by atoms with Gasteiger partial charge in [0, 0.05) is 0 Å². The maximum atomic E-state index is 9.45. The fourth-order valence-electron chi connectivity index (χ4n) is 2.39. The third kappa shape index (κ3) is 1.69. The monoisotopic (exact) mass is 210 g/mol. The van der Waals surface area contributed by atoms with Crippen LogP contribution in [0.15, 0.2) is 54.6 Å². The van der Waals surface area contributed by atoms with E-state index in [2.05, 4.69) is 36.4 Å². The molecule has 1 fully saturated rings. The van der Waals surface area contributed by atoms with E-state index in [-0.39, 0.29) is 0 Å². The van der Waals surface area contributed by atoms with Crippen LogP contribution in [0.3, 0.4) is 0 Å². The molecular weight excluding hydrogens is 196 g/mol. The number of aromatic hydroxyl groups is 1. The lowest BCUT2D eigenvalue weighted by Crippen LogP contribution is -1.83. The molecule has 1 saturated carbocycles. The van der Waals surface area contributed by atoms with E-state index in [1.54, 1.807) is 6.07 Å². The van der Waals surface area contributed by atoms with E-state index in [0.717, 1.165) is 0 Å². The molecule has 0 spiro atoms. The lowest BCUT2D eigenvalue weighted by Gasteiger charge is -2.01. The average Bonchev–Trinajstić information content (AvgIpc) is 3.10. The highest BCUT2D eigenvalue weighted by Gasteiger charge is 2.39. The molecule has 0 aromatic heterocycles. The van der Waals surface area contributed by atoms with Crippen LogP contribution in [0.2, 0.25) is 0 Å². The van der Waals surface area contributed by atoms with Crippen molar-refractivity contribution < 1.29 is 5.11 Å². The quantitative estimate of drug-likeness (QED) is 0.802. The van der Waals surface area contributed by atoms with Gasteiger partial charge in [-0.25, -0.2) is 0 Å². The summed E-state index contributed by atoms with van der Waals surface area (Å²) in [6.45, 7) is 0. The van der Waals surface area contributed by atoms with E-state index in [1.807, 2.05) is 12.1 Å². The van der Waals surface area contributed by atoms with Crippen LogP contribution in [-0.4, -0.2) is 5.11 Å². The van der Waals surface area contributed by atoms with Crippen molar-refractivity contribution in [1.82, 2.24) is 0 Å². The van der Waals surface area contributed by atoms with Gasteiger partial charge in [-0.05, 0) is 41.5 Å². The van der Waals surface area contributed by atoms with Crippen LogP contribution in [0.1, 0.15) is 29.4 Å². The largest absolute Gasteiger partial charge is 0.508 e. The van der Waals surface area contributed by atoms with Crippen LogP contribution < -0.4 is 0 Å². The molecule has 80 valence electrons. The Morgan fingerprint density at radius 1 is 0.812 bits per heavy atom. The summed E-state index contributed by atoms with van der Waals surface area (Å²) < 4.78 is 0. The van der Waals surface area contributed by atoms with Gasteiger partial charge in [-0.2, -0.15) is 0 Å². The van der Waals surface area contributed by atoms with E-state index in [1.165, 1.54) is 17.5 Å². The molecule has 1 aliphatic rings. The van der Waals surface area contributed by atoms with Gasteiger partial charge >= 0.3 is 0 Å². The Morgan fingerprint density at radius 2 is 1.50 bits per heavy atom. The van der Waals surface area contributed by atoms with Crippen molar-refractivity contribution in [3.63, 3.8) is 0 Å². The molecule has 16 heavy (non-hydrogen) atoms. The van der Waals surface area contributed by atoms with Crippen LogP contribution in [0, 0.1) is 0 Å². The second-order valence-electron chi connectivity index (χ2n) is 4.45. The minimum Gasteiger partial charge on any atom is -0.508 e. The van der Waals surface area contributed by atoms with E-state index in [0.29, 0.717) is 17.6 Å². The fourth-order valence-corrected chi connectivity index (χ4v) is 2.39. The summed E-state index contributed by atoms with van der Waals surface area (Å²) in [7, 11) is 0. The summed E-state index contributed by atoms with van der Waals surface area (Å²) >= 11 is 0. The Morgan fingerprint density at radius 3 is 2.25 bits per heavy atom. The predicted octanol–water partition coefficient (Wildman–Crippen LogP) is 3.66. The Kier molecular flexibility index (Phi) is 2.17. The lowest BCUT2D eigenvalue weighted by atomic mass is 10.0. The molecule has 1 heteroatoms. The van der Waals surface area contributed by atoms with Gasteiger partial charge in [0.25, 0.3) is 0 Å². The Bertz CT molecular complexity index is 490. The molecule has 2 aromatic carbocycles. The SMILES string of the molecule is Oc1cccc(C2CC2c2ccccc2)c1. The molecule has 1 nitrogen and oxygen atoms in total. The Balaban J connectivity index is 1.82. The van der Waals surface area contributed by atoms with Crippen LogP contribution in [0.25, 0.3) is 0 Å². The molecule has 0 aliphatic heterocycles. The zero-order valence-corrected chi connectivity index (χ0v) is 9.01. The van der Waals surface area contributed by atoms with Crippen molar-refractivity contribution in [3.05, 3.63) is 65.7 Å². The molecule has 0 heterocycles. The predicted molar refractivity (Wildman–Crippen MR) is 64.6 cm³/mol. The van der Waals surface area contributed by atoms with E-state index in [9.17, 15) is 5.11 Å². The van der Waals surface area contributed by atoms with Gasteiger partial charge < -0.3 is 5.11 Å². The van der Waals surface area contributed by atoms with Crippen molar-refractivity contribution in [2.45, 2.75) is 18.3 Å². The van der Waals surface area contributed by atoms with E-state index in [4.69, 9.17) is 0 Å². The minimum absolute atomic E-state index is 0.371. The number of rotatable bonds is 2. The Hall–Kier alpha value is -1.76. The first-order valence-electron chi connectivity index (χ1n) is 5.68. The number of hydrogen-bond donors (Lipinski definition) is 1. The maximum Gasteiger partial charge on any atom is 0.115 e. The van der Waals surface area contributed by atoms with Gasteiger partial charge in [-0.3, -0.25) is 0 Å². The second-order valence-corrected chi connectivity index (χ2v) is 4.45. The summed E-state index contributed by atoms with van der Waals surface area (Å²) in [5, 5.41) is 9.45. The first kappa shape index (κ1) is 9.46. The first-order chi connectivity index (χ1) is 7.84. The van der Waals surface area contributed by atoms with Crippen LogP contribution >= 0.6 is 0 Å².